The van der Waals surface area contributed by atoms with Gasteiger partial charge in [0.1, 0.15) is 16.8 Å². The van der Waals surface area contributed by atoms with Crippen molar-refractivity contribution in [2.45, 2.75) is 30.0 Å². The fraction of sp³-hybridized carbons (Fsp3) is 0.375. The summed E-state index contributed by atoms with van der Waals surface area (Å²) >= 11 is 1.45. The molecule has 1 saturated heterocycles. The van der Waals surface area contributed by atoms with Crippen molar-refractivity contribution in [1.29, 1.82) is 0 Å². The van der Waals surface area contributed by atoms with Crippen molar-refractivity contribution in [3.8, 4) is 5.75 Å². The second-order valence-corrected chi connectivity index (χ2v) is 11.7. The van der Waals surface area contributed by atoms with Crippen LogP contribution < -0.4 is 19.9 Å². The number of nitrogens with one attached hydrogen (secondary N) is 1. The number of methoxy groups -OCH3 is 1. The Balaban J connectivity index is 1.10. The topological polar surface area (TPSA) is 65.1 Å². The van der Waals surface area contributed by atoms with E-state index in [9.17, 15) is 14.0 Å². The minimum atomic E-state index is -0.531. The zero-order chi connectivity index (χ0) is 28.8. The van der Waals surface area contributed by atoms with Crippen molar-refractivity contribution < 1.29 is 18.7 Å². The molecule has 0 aliphatic carbocycles. The number of fused-ring (bicyclic) bond motifs is 1. The third-order valence-corrected chi connectivity index (χ3v) is 9.26. The van der Waals surface area contributed by atoms with E-state index in [1.54, 1.807) is 24.1 Å². The van der Waals surface area contributed by atoms with Crippen LogP contribution in [-0.2, 0) is 16.1 Å². The number of ether oxygens (including phenoxy) is 1. The summed E-state index contributed by atoms with van der Waals surface area (Å²) in [5.41, 5.74) is 2.87. The summed E-state index contributed by atoms with van der Waals surface area (Å²) in [5.74, 6) is -0.155. The molecule has 0 unspecified atom stereocenters. The van der Waals surface area contributed by atoms with Crippen LogP contribution in [0.4, 0.5) is 15.8 Å². The molecule has 5 rings (SSSR count). The van der Waals surface area contributed by atoms with E-state index in [-0.39, 0.29) is 17.6 Å². The first-order valence-corrected chi connectivity index (χ1v) is 15.0. The molecule has 0 bridgehead atoms. The number of carbonyl (C=O) groups is 2. The minimum Gasteiger partial charge on any atom is -0.497 e. The molecule has 0 radical (unpaired) electrons. The Morgan fingerprint density at radius 2 is 1.73 bits per heavy atom. The van der Waals surface area contributed by atoms with Gasteiger partial charge in [0.2, 0.25) is 11.8 Å². The van der Waals surface area contributed by atoms with Gasteiger partial charge >= 0.3 is 0 Å². The number of thioether (sulfide) groups is 1. The molecular weight excluding hydrogens is 539 g/mol. The highest BCUT2D eigenvalue weighted by Gasteiger charge is 2.39. The fourth-order valence-corrected chi connectivity index (χ4v) is 6.61. The lowest BCUT2D eigenvalue weighted by molar-refractivity contribution is -0.128. The maximum Gasteiger partial charge on any atom is 0.241 e. The number of hydrogen-bond donors (Lipinski definition) is 1. The van der Waals surface area contributed by atoms with Crippen LogP contribution in [0, 0.1) is 11.7 Å². The third kappa shape index (κ3) is 7.02. The third-order valence-electron chi connectivity index (χ3n) is 7.80. The molecule has 41 heavy (non-hydrogen) atoms. The number of carbonyl (C=O) groups excluding carboxylic acids is 2. The number of halogens is 1. The number of para-hydroxylation sites is 1. The molecule has 0 spiro atoms. The number of nitrogens with zero attached hydrogens (tertiary/aromatic N) is 3. The van der Waals surface area contributed by atoms with E-state index < -0.39 is 11.2 Å². The highest BCUT2D eigenvalue weighted by Crippen LogP contribution is 2.42. The number of piperazine rings is 1. The maximum absolute atomic E-state index is 13.6. The Hall–Kier alpha value is -3.56. The number of rotatable bonds is 10. The summed E-state index contributed by atoms with van der Waals surface area (Å²) in [4.78, 5) is 34.3. The van der Waals surface area contributed by atoms with Gasteiger partial charge < -0.3 is 19.9 Å². The molecule has 2 aliphatic heterocycles. The van der Waals surface area contributed by atoms with Crippen LogP contribution in [0.25, 0.3) is 0 Å². The van der Waals surface area contributed by atoms with E-state index in [0.717, 1.165) is 61.0 Å². The SMILES string of the molecule is COc1ccc(N2CCN(CCCNC(=O)[C@H](C)[C@H]3Sc4ccccc4N(Cc4ccc(F)cc4)C3=O)CC2)cc1. The van der Waals surface area contributed by atoms with Crippen LogP contribution in [0.1, 0.15) is 18.9 Å². The zero-order valence-electron chi connectivity index (χ0n) is 23.6. The van der Waals surface area contributed by atoms with Gasteiger partial charge in [-0.15, -0.1) is 11.8 Å². The molecule has 216 valence electrons. The molecule has 2 amide bonds. The van der Waals surface area contributed by atoms with Crippen LogP contribution in [0.5, 0.6) is 5.75 Å². The largest absolute Gasteiger partial charge is 0.497 e. The lowest BCUT2D eigenvalue weighted by Gasteiger charge is -2.36. The van der Waals surface area contributed by atoms with Crippen molar-refractivity contribution in [3.05, 3.63) is 84.2 Å². The molecule has 1 fully saturated rings. The second kappa shape index (κ2) is 13.4. The van der Waals surface area contributed by atoms with E-state index in [4.69, 9.17) is 4.74 Å². The number of benzene rings is 3. The van der Waals surface area contributed by atoms with Crippen LogP contribution >= 0.6 is 11.8 Å². The smallest absolute Gasteiger partial charge is 0.241 e. The van der Waals surface area contributed by atoms with Gasteiger partial charge in [0.25, 0.3) is 0 Å². The molecule has 2 atom stereocenters. The molecular formula is C32H37FN4O3S. The van der Waals surface area contributed by atoms with E-state index in [0.29, 0.717) is 13.1 Å². The molecule has 2 aliphatic rings. The molecule has 7 nitrogen and oxygen atoms in total. The molecule has 3 aromatic carbocycles. The number of anilines is 2. The predicted octanol–water partition coefficient (Wildman–Crippen LogP) is 4.81. The minimum absolute atomic E-state index is 0.101. The van der Waals surface area contributed by atoms with Crippen molar-refractivity contribution in [1.82, 2.24) is 10.2 Å². The molecule has 0 aromatic heterocycles. The predicted molar refractivity (Wildman–Crippen MR) is 162 cm³/mol. The Morgan fingerprint density at radius 1 is 1.02 bits per heavy atom. The Morgan fingerprint density at radius 3 is 2.44 bits per heavy atom. The summed E-state index contributed by atoms with van der Waals surface area (Å²) in [5, 5.41) is 2.54. The monoisotopic (exact) mass is 576 g/mol. The lowest BCUT2D eigenvalue weighted by atomic mass is 10.0. The van der Waals surface area contributed by atoms with Gasteiger partial charge in [0, 0.05) is 43.3 Å². The maximum atomic E-state index is 13.6. The van der Waals surface area contributed by atoms with Gasteiger partial charge in [-0.1, -0.05) is 31.2 Å². The highest BCUT2D eigenvalue weighted by molar-refractivity contribution is 8.01. The van der Waals surface area contributed by atoms with Crippen molar-refractivity contribution in [2.75, 3.05) is 56.2 Å². The van der Waals surface area contributed by atoms with Crippen LogP contribution in [0.15, 0.2) is 77.7 Å². The Labute approximate surface area is 245 Å². The van der Waals surface area contributed by atoms with E-state index in [1.165, 1.54) is 29.6 Å². The number of amides is 2. The Kier molecular flexibility index (Phi) is 9.46. The zero-order valence-corrected chi connectivity index (χ0v) is 24.4. The second-order valence-electron chi connectivity index (χ2n) is 10.5. The first-order valence-electron chi connectivity index (χ1n) is 14.1. The summed E-state index contributed by atoms with van der Waals surface area (Å²) in [7, 11) is 1.68. The van der Waals surface area contributed by atoms with Crippen LogP contribution in [-0.4, -0.2) is 68.3 Å². The molecule has 2 heterocycles. The summed E-state index contributed by atoms with van der Waals surface area (Å²) in [6, 6.07) is 22.1. The van der Waals surface area contributed by atoms with Crippen LogP contribution in [0.3, 0.4) is 0 Å². The summed E-state index contributed by atoms with van der Waals surface area (Å²) < 4.78 is 18.7. The summed E-state index contributed by atoms with van der Waals surface area (Å²) in [6.07, 6.45) is 0.853. The standard InChI is InChI=1S/C32H37FN4O3S/c1-23(30-32(39)37(22-24-8-10-25(33)11-9-24)28-6-3-4-7-29(28)41-30)31(38)34-16-5-17-35-18-20-36(21-19-35)26-12-14-27(40-2)15-13-26/h3-4,6-15,23,30H,5,16-22H2,1-2H3,(H,34,38)/t23-,30-/m1/s1. The van der Waals surface area contributed by atoms with Crippen LogP contribution in [0.2, 0.25) is 0 Å². The van der Waals surface area contributed by atoms with Crippen molar-refractivity contribution in [2.24, 2.45) is 5.92 Å². The van der Waals surface area contributed by atoms with Gasteiger partial charge in [0.15, 0.2) is 0 Å². The average molecular weight is 577 g/mol. The van der Waals surface area contributed by atoms with Gasteiger partial charge in [-0.2, -0.15) is 0 Å². The molecule has 0 saturated carbocycles. The first kappa shape index (κ1) is 29.0. The Bertz CT molecular complexity index is 1330. The first-order chi connectivity index (χ1) is 19.9. The van der Waals surface area contributed by atoms with E-state index in [1.807, 2.05) is 43.3 Å². The molecule has 1 N–H and O–H groups in total. The van der Waals surface area contributed by atoms with E-state index in [2.05, 4.69) is 27.2 Å². The summed E-state index contributed by atoms with van der Waals surface area (Å²) in [6.45, 7) is 7.53. The highest BCUT2D eigenvalue weighted by atomic mass is 32.2. The number of hydrogen-bond acceptors (Lipinski definition) is 6. The van der Waals surface area contributed by atoms with E-state index >= 15 is 0 Å². The lowest BCUT2D eigenvalue weighted by Crippen LogP contribution is -2.48. The van der Waals surface area contributed by atoms with Gasteiger partial charge in [0.05, 0.1) is 25.3 Å². The fourth-order valence-electron chi connectivity index (χ4n) is 5.33. The molecule has 3 aromatic rings. The quantitative estimate of drug-likeness (QED) is 0.350. The average Bonchev–Trinajstić information content (AvgIpc) is 3.01. The normalized spacial score (nSPS) is 18.1. The van der Waals surface area contributed by atoms with Crippen molar-refractivity contribution in [3.63, 3.8) is 0 Å². The van der Waals surface area contributed by atoms with Gasteiger partial charge in [-0.3, -0.25) is 14.5 Å². The van der Waals surface area contributed by atoms with Gasteiger partial charge in [-0.05, 0) is 67.1 Å². The molecule has 9 heteroatoms. The van der Waals surface area contributed by atoms with Gasteiger partial charge in [-0.25, -0.2) is 4.39 Å². The van der Waals surface area contributed by atoms with Crippen molar-refractivity contribution >= 4 is 35.0 Å².